The van der Waals surface area contributed by atoms with Crippen LogP contribution >= 0.6 is 24.0 Å². The topological polar surface area (TPSA) is 28.7 Å². The zero-order valence-corrected chi connectivity index (χ0v) is 12.7. The molecule has 1 aliphatic rings. The average molecular weight is 282 g/mol. The fourth-order valence-corrected chi connectivity index (χ4v) is 3.91. The van der Waals surface area contributed by atoms with Gasteiger partial charge >= 0.3 is 0 Å². The number of aromatic nitrogens is 2. The van der Waals surface area contributed by atoms with Crippen LogP contribution in [0, 0.1) is 4.64 Å². The van der Waals surface area contributed by atoms with Crippen molar-refractivity contribution in [1.29, 1.82) is 0 Å². The number of aryl methyl sites for hydroxylation is 1. The van der Waals surface area contributed by atoms with Crippen LogP contribution < -0.4 is 0 Å². The minimum absolute atomic E-state index is 0.733. The minimum atomic E-state index is 0.733. The number of hydrogen-bond acceptors (Lipinski definition) is 3. The number of hydrogen-bond donors (Lipinski definition) is 1. The maximum absolute atomic E-state index is 5.23. The molecular formula is C14H22N2S2. The van der Waals surface area contributed by atoms with Crippen LogP contribution in [-0.4, -0.2) is 15.2 Å². The Kier molecular flexibility index (Phi) is 5.70. The van der Waals surface area contributed by atoms with Gasteiger partial charge in [-0.05, 0) is 25.3 Å². The van der Waals surface area contributed by atoms with Crippen molar-refractivity contribution in [2.75, 3.05) is 0 Å². The van der Waals surface area contributed by atoms with Crippen molar-refractivity contribution >= 4 is 24.0 Å². The summed E-state index contributed by atoms with van der Waals surface area (Å²) in [5, 5.41) is 0.831. The number of nitrogens with one attached hydrogen (secondary N) is 1. The molecule has 2 rings (SSSR count). The van der Waals surface area contributed by atoms with E-state index in [2.05, 4.69) is 16.9 Å². The molecule has 0 saturated heterocycles. The van der Waals surface area contributed by atoms with Gasteiger partial charge in [0.25, 0.3) is 0 Å². The Labute approximate surface area is 119 Å². The second kappa shape index (κ2) is 7.29. The lowest BCUT2D eigenvalue weighted by Gasteiger charge is -2.20. The fourth-order valence-electron chi connectivity index (χ4n) is 2.46. The van der Waals surface area contributed by atoms with Crippen LogP contribution in [0.15, 0.2) is 6.07 Å². The number of thioether (sulfide) groups is 1. The molecule has 0 radical (unpaired) electrons. The van der Waals surface area contributed by atoms with Crippen molar-refractivity contribution < 1.29 is 0 Å². The second-order valence-electron chi connectivity index (χ2n) is 5.01. The molecule has 0 aromatic carbocycles. The van der Waals surface area contributed by atoms with E-state index < -0.39 is 0 Å². The fraction of sp³-hybridized carbons (Fsp3) is 0.714. The molecule has 1 aromatic rings. The van der Waals surface area contributed by atoms with Gasteiger partial charge in [0, 0.05) is 10.9 Å². The molecule has 0 unspecified atom stereocenters. The van der Waals surface area contributed by atoms with E-state index in [0.29, 0.717) is 0 Å². The summed E-state index contributed by atoms with van der Waals surface area (Å²) in [6.07, 6.45) is 9.18. The van der Waals surface area contributed by atoms with Crippen molar-refractivity contribution in [3.8, 4) is 0 Å². The number of rotatable bonds is 5. The molecule has 2 nitrogen and oxygen atoms in total. The highest BCUT2D eigenvalue weighted by molar-refractivity contribution is 7.99. The predicted molar refractivity (Wildman–Crippen MR) is 81.6 cm³/mol. The highest BCUT2D eigenvalue weighted by atomic mass is 32.2. The normalized spacial score (nSPS) is 16.9. The van der Waals surface area contributed by atoms with Gasteiger partial charge in [0.05, 0.1) is 5.75 Å². The van der Waals surface area contributed by atoms with E-state index >= 15 is 0 Å². The molecule has 0 amide bonds. The summed E-state index contributed by atoms with van der Waals surface area (Å²) in [5.41, 5.74) is 1.23. The van der Waals surface area contributed by atoms with Gasteiger partial charge in [-0.2, -0.15) is 11.8 Å². The van der Waals surface area contributed by atoms with Gasteiger partial charge in [-0.15, -0.1) is 0 Å². The first-order valence-corrected chi connectivity index (χ1v) is 8.44. The summed E-state index contributed by atoms with van der Waals surface area (Å²) in [7, 11) is 0. The first-order chi connectivity index (χ1) is 8.78. The molecule has 0 bridgehead atoms. The Morgan fingerprint density at radius 1 is 1.39 bits per heavy atom. The van der Waals surface area contributed by atoms with Crippen LogP contribution in [0.25, 0.3) is 0 Å². The van der Waals surface area contributed by atoms with Crippen LogP contribution in [0.2, 0.25) is 0 Å². The Hall–Kier alpha value is -0.350. The van der Waals surface area contributed by atoms with Crippen molar-refractivity contribution in [1.82, 2.24) is 9.97 Å². The SMILES string of the molecule is CCCc1cc(=S)nc(CSC2CCCCC2)[nH]1. The zero-order chi connectivity index (χ0) is 12.8. The van der Waals surface area contributed by atoms with E-state index in [-0.39, 0.29) is 0 Å². The summed E-state index contributed by atoms with van der Waals surface area (Å²) in [5.74, 6) is 2.04. The Bertz CT molecular complexity index is 422. The standard InChI is InChI=1S/C14H22N2S2/c1-2-6-11-9-14(17)16-13(15-11)10-18-12-7-4-3-5-8-12/h9,12H,2-8,10H2,1H3,(H,15,16,17). The largest absolute Gasteiger partial charge is 0.346 e. The van der Waals surface area contributed by atoms with Crippen LogP contribution in [0.3, 0.4) is 0 Å². The first-order valence-electron chi connectivity index (χ1n) is 6.98. The number of nitrogens with zero attached hydrogens (tertiary/aromatic N) is 1. The van der Waals surface area contributed by atoms with Gasteiger partial charge in [-0.25, -0.2) is 4.98 Å². The van der Waals surface area contributed by atoms with E-state index in [0.717, 1.165) is 34.3 Å². The lowest BCUT2D eigenvalue weighted by Crippen LogP contribution is -2.09. The Balaban J connectivity index is 1.93. The quantitative estimate of drug-likeness (QED) is 0.796. The van der Waals surface area contributed by atoms with Crippen molar-refractivity contribution in [2.45, 2.75) is 62.9 Å². The van der Waals surface area contributed by atoms with Crippen LogP contribution in [-0.2, 0) is 12.2 Å². The maximum atomic E-state index is 5.23. The highest BCUT2D eigenvalue weighted by Crippen LogP contribution is 2.29. The molecule has 1 saturated carbocycles. The Morgan fingerprint density at radius 2 is 2.17 bits per heavy atom. The molecule has 1 aromatic heterocycles. The number of H-pyrrole nitrogens is 1. The third-order valence-corrected chi connectivity index (χ3v) is 4.97. The third kappa shape index (κ3) is 4.39. The van der Waals surface area contributed by atoms with E-state index in [9.17, 15) is 0 Å². The summed E-state index contributed by atoms with van der Waals surface area (Å²) in [6, 6.07) is 1.99. The third-order valence-electron chi connectivity index (χ3n) is 3.37. The summed E-state index contributed by atoms with van der Waals surface area (Å²) >= 11 is 7.28. The molecule has 1 N–H and O–H groups in total. The van der Waals surface area contributed by atoms with Gasteiger partial charge in [0.15, 0.2) is 0 Å². The summed E-state index contributed by atoms with van der Waals surface area (Å²) in [4.78, 5) is 7.87. The molecule has 0 atom stereocenters. The van der Waals surface area contributed by atoms with E-state index in [4.69, 9.17) is 12.2 Å². The molecule has 0 spiro atoms. The molecule has 1 fully saturated rings. The van der Waals surface area contributed by atoms with Gasteiger partial charge in [0.2, 0.25) is 0 Å². The van der Waals surface area contributed by atoms with Crippen molar-refractivity contribution in [3.63, 3.8) is 0 Å². The molecule has 0 aliphatic heterocycles. The van der Waals surface area contributed by atoms with Gasteiger partial charge in [0.1, 0.15) is 10.5 Å². The molecule has 18 heavy (non-hydrogen) atoms. The van der Waals surface area contributed by atoms with Gasteiger partial charge < -0.3 is 4.98 Å². The zero-order valence-electron chi connectivity index (χ0n) is 11.1. The average Bonchev–Trinajstić information content (AvgIpc) is 2.37. The molecule has 1 aliphatic carbocycles. The van der Waals surface area contributed by atoms with Crippen LogP contribution in [0.5, 0.6) is 0 Å². The monoisotopic (exact) mass is 282 g/mol. The molecule has 1 heterocycles. The second-order valence-corrected chi connectivity index (χ2v) is 6.72. The van der Waals surface area contributed by atoms with E-state index in [1.807, 2.05) is 17.8 Å². The smallest absolute Gasteiger partial charge is 0.130 e. The summed E-state index contributed by atoms with van der Waals surface area (Å²) in [6.45, 7) is 2.19. The highest BCUT2D eigenvalue weighted by Gasteiger charge is 2.14. The van der Waals surface area contributed by atoms with Gasteiger partial charge in [-0.1, -0.05) is 44.8 Å². The molecule has 4 heteroatoms. The van der Waals surface area contributed by atoms with Crippen molar-refractivity contribution in [3.05, 3.63) is 22.2 Å². The van der Waals surface area contributed by atoms with Gasteiger partial charge in [-0.3, -0.25) is 0 Å². The molecule has 100 valence electrons. The van der Waals surface area contributed by atoms with Crippen LogP contribution in [0.1, 0.15) is 57.0 Å². The van der Waals surface area contributed by atoms with Crippen LogP contribution in [0.4, 0.5) is 0 Å². The van der Waals surface area contributed by atoms with E-state index in [1.165, 1.54) is 37.8 Å². The Morgan fingerprint density at radius 3 is 2.89 bits per heavy atom. The first kappa shape index (κ1) is 14.1. The molecular weight excluding hydrogens is 260 g/mol. The van der Waals surface area contributed by atoms with E-state index in [1.54, 1.807) is 0 Å². The maximum Gasteiger partial charge on any atom is 0.130 e. The summed E-state index contributed by atoms with van der Waals surface area (Å²) < 4.78 is 0.733. The lowest BCUT2D eigenvalue weighted by atomic mass is 10.0. The lowest BCUT2D eigenvalue weighted by molar-refractivity contribution is 0.516. The minimum Gasteiger partial charge on any atom is -0.346 e. The van der Waals surface area contributed by atoms with Crippen molar-refractivity contribution in [2.24, 2.45) is 0 Å². The predicted octanol–water partition coefficient (Wildman–Crippen LogP) is 4.66. The number of aromatic amines is 1.